The topological polar surface area (TPSA) is 82.4 Å². The van der Waals surface area contributed by atoms with Gasteiger partial charge in [0.05, 0.1) is 0 Å². The number of esters is 1. The Morgan fingerprint density at radius 3 is 2.29 bits per heavy atom. The number of hydrogen-bond acceptors (Lipinski definition) is 5. The normalized spacial score (nSPS) is 11.9. The lowest BCUT2D eigenvalue weighted by Gasteiger charge is -2.13. The number of nitrogens with one attached hydrogen (secondary N) is 1. The molecule has 0 unspecified atom stereocenters. The third kappa shape index (κ3) is 5.86. The monoisotopic (exact) mass is 397 g/mol. The number of nitriles is 1. The minimum Gasteiger partial charge on any atom is -0.448 e. The first kappa shape index (κ1) is 21.0. The summed E-state index contributed by atoms with van der Waals surface area (Å²) in [5.41, 5.74) is 2.00. The van der Waals surface area contributed by atoms with Gasteiger partial charge in [0.2, 0.25) is 0 Å². The molecule has 0 aliphatic heterocycles. The molecule has 2 rings (SSSR count). The molecular formula is C21H20ClN3O3. The van der Waals surface area contributed by atoms with Gasteiger partial charge in [0.25, 0.3) is 5.91 Å². The highest BCUT2D eigenvalue weighted by atomic mass is 35.5. The Kier molecular flexibility index (Phi) is 7.19. The van der Waals surface area contributed by atoms with Gasteiger partial charge < -0.3 is 15.0 Å². The van der Waals surface area contributed by atoms with Crippen LogP contribution in [0, 0.1) is 11.3 Å². The number of rotatable bonds is 6. The molecule has 0 saturated carbocycles. The highest BCUT2D eigenvalue weighted by Crippen LogP contribution is 2.16. The predicted molar refractivity (Wildman–Crippen MR) is 110 cm³/mol. The first-order valence-electron chi connectivity index (χ1n) is 8.46. The summed E-state index contributed by atoms with van der Waals surface area (Å²) in [6, 6.07) is 15.7. The van der Waals surface area contributed by atoms with Crippen molar-refractivity contribution in [2.24, 2.45) is 0 Å². The van der Waals surface area contributed by atoms with Gasteiger partial charge in [-0.15, -0.1) is 0 Å². The summed E-state index contributed by atoms with van der Waals surface area (Å²) >= 11 is 5.80. The van der Waals surface area contributed by atoms with Crippen LogP contribution in [-0.4, -0.2) is 32.1 Å². The second-order valence-corrected chi connectivity index (χ2v) is 6.64. The quantitative estimate of drug-likeness (QED) is 0.454. The lowest BCUT2D eigenvalue weighted by Crippen LogP contribution is -2.30. The van der Waals surface area contributed by atoms with Crippen LogP contribution in [0.2, 0.25) is 5.02 Å². The van der Waals surface area contributed by atoms with E-state index in [-0.39, 0.29) is 5.57 Å². The van der Waals surface area contributed by atoms with Crippen LogP contribution in [0.3, 0.4) is 0 Å². The van der Waals surface area contributed by atoms with Gasteiger partial charge in [-0.25, -0.2) is 4.79 Å². The van der Waals surface area contributed by atoms with Crippen LogP contribution in [0.5, 0.6) is 0 Å². The van der Waals surface area contributed by atoms with Crippen molar-refractivity contribution < 1.29 is 14.3 Å². The predicted octanol–water partition coefficient (Wildman–Crippen LogP) is 3.88. The zero-order valence-electron chi connectivity index (χ0n) is 15.8. The van der Waals surface area contributed by atoms with Gasteiger partial charge in [0, 0.05) is 30.5 Å². The van der Waals surface area contributed by atoms with E-state index in [0.29, 0.717) is 16.3 Å². The maximum atomic E-state index is 12.2. The van der Waals surface area contributed by atoms with Crippen molar-refractivity contribution in [3.63, 3.8) is 0 Å². The van der Waals surface area contributed by atoms with E-state index in [1.807, 2.05) is 37.2 Å². The average Bonchev–Trinajstić information content (AvgIpc) is 2.68. The van der Waals surface area contributed by atoms with E-state index in [9.17, 15) is 14.9 Å². The number of carbonyl (C=O) groups excluding carboxylic acids is 2. The number of halogens is 1. The maximum Gasteiger partial charge on any atom is 0.349 e. The summed E-state index contributed by atoms with van der Waals surface area (Å²) in [4.78, 5) is 26.4. The highest BCUT2D eigenvalue weighted by Gasteiger charge is 2.20. The molecule has 0 fully saturated rings. The molecule has 2 aromatic carbocycles. The number of amides is 1. The molecule has 2 aromatic rings. The van der Waals surface area contributed by atoms with Crippen molar-refractivity contribution in [2.45, 2.75) is 13.0 Å². The maximum absolute atomic E-state index is 12.2. The fourth-order valence-corrected chi connectivity index (χ4v) is 2.35. The number of hydrogen-bond donors (Lipinski definition) is 1. The third-order valence-corrected chi connectivity index (χ3v) is 4.08. The Balaban J connectivity index is 2.02. The number of ether oxygens (including phenoxy) is 1. The van der Waals surface area contributed by atoms with Gasteiger partial charge in [-0.05, 0) is 55.0 Å². The smallest absolute Gasteiger partial charge is 0.349 e. The van der Waals surface area contributed by atoms with Gasteiger partial charge >= 0.3 is 5.97 Å². The molecule has 0 spiro atoms. The molecule has 0 saturated heterocycles. The van der Waals surface area contributed by atoms with E-state index in [1.165, 1.54) is 13.0 Å². The molecule has 0 radical (unpaired) electrons. The molecule has 0 aromatic heterocycles. The highest BCUT2D eigenvalue weighted by molar-refractivity contribution is 6.30. The number of benzene rings is 2. The van der Waals surface area contributed by atoms with E-state index < -0.39 is 18.0 Å². The van der Waals surface area contributed by atoms with Gasteiger partial charge in [0.15, 0.2) is 6.10 Å². The van der Waals surface area contributed by atoms with E-state index in [0.717, 1.165) is 5.69 Å². The summed E-state index contributed by atoms with van der Waals surface area (Å²) in [5.74, 6) is -1.37. The van der Waals surface area contributed by atoms with Crippen molar-refractivity contribution in [3.8, 4) is 6.07 Å². The van der Waals surface area contributed by atoms with Crippen LogP contribution in [0.25, 0.3) is 6.08 Å². The lowest BCUT2D eigenvalue weighted by atomic mass is 10.1. The molecule has 144 valence electrons. The molecule has 1 atom stereocenters. The minimum atomic E-state index is -1.07. The Morgan fingerprint density at radius 2 is 1.75 bits per heavy atom. The molecule has 6 nitrogen and oxygen atoms in total. The zero-order valence-corrected chi connectivity index (χ0v) is 16.5. The summed E-state index contributed by atoms with van der Waals surface area (Å²) in [6.45, 7) is 1.43. The Morgan fingerprint density at radius 1 is 1.14 bits per heavy atom. The van der Waals surface area contributed by atoms with Gasteiger partial charge in [0.1, 0.15) is 11.6 Å². The van der Waals surface area contributed by atoms with Crippen LogP contribution in [0.4, 0.5) is 11.4 Å². The number of anilines is 2. The molecular weight excluding hydrogens is 378 g/mol. The molecule has 1 N–H and O–H groups in total. The third-order valence-electron chi connectivity index (χ3n) is 3.83. The van der Waals surface area contributed by atoms with E-state index >= 15 is 0 Å². The summed E-state index contributed by atoms with van der Waals surface area (Å²) in [6.07, 6.45) is 0.349. The van der Waals surface area contributed by atoms with Crippen molar-refractivity contribution in [3.05, 3.63) is 64.7 Å². The second-order valence-electron chi connectivity index (χ2n) is 6.20. The minimum absolute atomic E-state index is 0.191. The van der Waals surface area contributed by atoms with Crippen LogP contribution in [0.15, 0.2) is 54.1 Å². The summed E-state index contributed by atoms with van der Waals surface area (Å²) in [5, 5.41) is 12.4. The van der Waals surface area contributed by atoms with Crippen molar-refractivity contribution in [2.75, 3.05) is 24.3 Å². The average molecular weight is 398 g/mol. The molecule has 7 heteroatoms. The van der Waals surface area contributed by atoms with Gasteiger partial charge in [-0.1, -0.05) is 23.7 Å². The lowest BCUT2D eigenvalue weighted by molar-refractivity contribution is -0.148. The fourth-order valence-electron chi connectivity index (χ4n) is 2.23. The van der Waals surface area contributed by atoms with Gasteiger partial charge in [-0.2, -0.15) is 5.26 Å². The Labute approximate surface area is 169 Å². The van der Waals surface area contributed by atoms with E-state index in [2.05, 4.69) is 5.32 Å². The zero-order chi connectivity index (χ0) is 20.7. The first-order valence-corrected chi connectivity index (χ1v) is 8.84. The number of carbonyl (C=O) groups is 2. The molecule has 0 bridgehead atoms. The molecule has 0 heterocycles. The fraction of sp³-hybridized carbons (Fsp3) is 0.190. The van der Waals surface area contributed by atoms with Crippen molar-refractivity contribution in [1.29, 1.82) is 5.26 Å². The molecule has 28 heavy (non-hydrogen) atoms. The standard InChI is InChI=1S/C21H20ClN3O3/c1-14(20(26)24-18-8-6-17(22)7-9-18)28-21(27)16(13-23)12-15-4-10-19(11-5-15)25(2)3/h4-12,14H,1-3H3,(H,24,26)/b16-12+/t14-/m0/s1. The summed E-state index contributed by atoms with van der Waals surface area (Å²) < 4.78 is 5.12. The molecule has 0 aliphatic rings. The molecule has 0 aliphatic carbocycles. The van der Waals surface area contributed by atoms with E-state index in [1.54, 1.807) is 36.4 Å². The van der Waals surface area contributed by atoms with E-state index in [4.69, 9.17) is 16.3 Å². The summed E-state index contributed by atoms with van der Waals surface area (Å²) in [7, 11) is 3.83. The van der Waals surface area contributed by atoms with Crippen LogP contribution in [-0.2, 0) is 14.3 Å². The SMILES string of the molecule is C[C@H](OC(=O)/C(C#N)=C/c1ccc(N(C)C)cc1)C(=O)Nc1ccc(Cl)cc1. The van der Waals surface area contributed by atoms with Crippen LogP contribution < -0.4 is 10.2 Å². The van der Waals surface area contributed by atoms with Gasteiger partial charge in [-0.3, -0.25) is 4.79 Å². The Bertz CT molecular complexity index is 913. The largest absolute Gasteiger partial charge is 0.448 e. The molecule has 1 amide bonds. The van der Waals surface area contributed by atoms with Crippen LogP contribution >= 0.6 is 11.6 Å². The van der Waals surface area contributed by atoms with Crippen LogP contribution in [0.1, 0.15) is 12.5 Å². The van der Waals surface area contributed by atoms with Crippen molar-refractivity contribution >= 4 is 40.9 Å². The second kappa shape index (κ2) is 9.58. The van der Waals surface area contributed by atoms with Crippen molar-refractivity contribution in [1.82, 2.24) is 0 Å². The number of nitrogens with zero attached hydrogens (tertiary/aromatic N) is 2. The first-order chi connectivity index (χ1) is 13.3. The Hall–Kier alpha value is -3.30.